The van der Waals surface area contributed by atoms with Crippen LogP contribution in [0.25, 0.3) is 0 Å². The lowest BCUT2D eigenvalue weighted by atomic mass is 10.1. The SMILES string of the molecule is CCOC1CC1C(=O)N1CCOCC1CC(=O)O. The van der Waals surface area contributed by atoms with Crippen molar-refractivity contribution in [2.24, 2.45) is 5.92 Å². The number of nitrogens with zero attached hydrogens (tertiary/aromatic N) is 1. The van der Waals surface area contributed by atoms with Crippen LogP contribution in [-0.4, -0.2) is 60.4 Å². The van der Waals surface area contributed by atoms with Gasteiger partial charge in [-0.2, -0.15) is 0 Å². The van der Waals surface area contributed by atoms with Gasteiger partial charge in [-0.05, 0) is 13.3 Å². The Balaban J connectivity index is 1.92. The number of hydrogen-bond acceptors (Lipinski definition) is 4. The van der Waals surface area contributed by atoms with Gasteiger partial charge >= 0.3 is 5.97 Å². The molecule has 0 aromatic rings. The predicted molar refractivity (Wildman–Crippen MR) is 62.1 cm³/mol. The maximum atomic E-state index is 12.2. The van der Waals surface area contributed by atoms with Gasteiger partial charge in [0.25, 0.3) is 0 Å². The van der Waals surface area contributed by atoms with Crippen molar-refractivity contribution in [2.75, 3.05) is 26.4 Å². The van der Waals surface area contributed by atoms with Gasteiger partial charge in [-0.25, -0.2) is 0 Å². The number of hydrogen-bond donors (Lipinski definition) is 1. The van der Waals surface area contributed by atoms with Crippen molar-refractivity contribution in [1.29, 1.82) is 0 Å². The lowest BCUT2D eigenvalue weighted by Gasteiger charge is -2.35. The van der Waals surface area contributed by atoms with Gasteiger partial charge in [0.1, 0.15) is 0 Å². The molecule has 1 saturated heterocycles. The molecule has 0 bridgehead atoms. The van der Waals surface area contributed by atoms with E-state index in [-0.39, 0.29) is 30.4 Å². The third-order valence-electron chi connectivity index (χ3n) is 3.35. The van der Waals surface area contributed by atoms with E-state index in [1.54, 1.807) is 4.90 Å². The Labute approximate surface area is 106 Å². The number of ether oxygens (including phenoxy) is 2. The van der Waals surface area contributed by atoms with Crippen LogP contribution in [-0.2, 0) is 19.1 Å². The molecule has 0 radical (unpaired) electrons. The van der Waals surface area contributed by atoms with Gasteiger partial charge in [-0.15, -0.1) is 0 Å². The second-order valence-corrected chi connectivity index (χ2v) is 4.69. The molecule has 102 valence electrons. The minimum atomic E-state index is -0.902. The summed E-state index contributed by atoms with van der Waals surface area (Å²) < 4.78 is 10.6. The fourth-order valence-electron chi connectivity index (χ4n) is 2.36. The minimum absolute atomic E-state index is 0.0167. The molecule has 1 amide bonds. The topological polar surface area (TPSA) is 76.1 Å². The number of morpholine rings is 1. The molecule has 6 heteroatoms. The number of carbonyl (C=O) groups is 2. The zero-order valence-electron chi connectivity index (χ0n) is 10.5. The average Bonchev–Trinajstić information content (AvgIpc) is 3.08. The first kappa shape index (κ1) is 13.3. The molecule has 18 heavy (non-hydrogen) atoms. The predicted octanol–water partition coefficient (Wildman–Crippen LogP) is 0.114. The Morgan fingerprint density at radius 3 is 2.94 bits per heavy atom. The van der Waals surface area contributed by atoms with Crippen LogP contribution in [0.3, 0.4) is 0 Å². The zero-order valence-corrected chi connectivity index (χ0v) is 10.5. The van der Waals surface area contributed by atoms with Gasteiger partial charge in [0.15, 0.2) is 0 Å². The molecule has 1 N–H and O–H groups in total. The number of carboxylic acids is 1. The van der Waals surface area contributed by atoms with Crippen LogP contribution in [0.1, 0.15) is 19.8 Å². The molecule has 2 fully saturated rings. The van der Waals surface area contributed by atoms with Crippen molar-refractivity contribution in [2.45, 2.75) is 31.9 Å². The van der Waals surface area contributed by atoms with Crippen LogP contribution in [0.4, 0.5) is 0 Å². The summed E-state index contributed by atoms with van der Waals surface area (Å²) in [6.45, 7) is 3.78. The van der Waals surface area contributed by atoms with Gasteiger partial charge in [-0.3, -0.25) is 9.59 Å². The van der Waals surface area contributed by atoms with Crippen LogP contribution in [0.5, 0.6) is 0 Å². The lowest BCUT2D eigenvalue weighted by molar-refractivity contribution is -0.147. The molecule has 0 spiro atoms. The van der Waals surface area contributed by atoms with Crippen molar-refractivity contribution >= 4 is 11.9 Å². The smallest absolute Gasteiger partial charge is 0.305 e. The van der Waals surface area contributed by atoms with Gasteiger partial charge in [0.05, 0.1) is 37.7 Å². The summed E-state index contributed by atoms with van der Waals surface area (Å²) in [4.78, 5) is 24.7. The fourth-order valence-corrected chi connectivity index (χ4v) is 2.36. The minimum Gasteiger partial charge on any atom is -0.481 e. The van der Waals surface area contributed by atoms with Crippen LogP contribution < -0.4 is 0 Å². The molecule has 2 rings (SSSR count). The van der Waals surface area contributed by atoms with Crippen LogP contribution in [0, 0.1) is 5.92 Å². The maximum absolute atomic E-state index is 12.2. The average molecular weight is 257 g/mol. The quantitative estimate of drug-likeness (QED) is 0.756. The Kier molecular flexibility index (Phi) is 4.19. The van der Waals surface area contributed by atoms with E-state index in [1.807, 2.05) is 6.92 Å². The van der Waals surface area contributed by atoms with Gasteiger partial charge < -0.3 is 19.5 Å². The molecule has 1 aliphatic heterocycles. The first-order valence-electron chi connectivity index (χ1n) is 6.35. The van der Waals surface area contributed by atoms with E-state index in [0.29, 0.717) is 26.4 Å². The summed E-state index contributed by atoms with van der Waals surface area (Å²) in [5.74, 6) is -0.970. The Morgan fingerprint density at radius 2 is 2.28 bits per heavy atom. The molecule has 1 aliphatic carbocycles. The number of amides is 1. The Morgan fingerprint density at radius 1 is 1.50 bits per heavy atom. The summed E-state index contributed by atoms with van der Waals surface area (Å²) in [5, 5.41) is 8.84. The van der Waals surface area contributed by atoms with Gasteiger partial charge in [0, 0.05) is 13.2 Å². The third-order valence-corrected chi connectivity index (χ3v) is 3.35. The van der Waals surface area contributed by atoms with Crippen molar-refractivity contribution in [3.8, 4) is 0 Å². The monoisotopic (exact) mass is 257 g/mol. The molecule has 3 unspecified atom stereocenters. The first-order valence-corrected chi connectivity index (χ1v) is 6.35. The number of carbonyl (C=O) groups excluding carboxylic acids is 1. The molecule has 3 atom stereocenters. The highest BCUT2D eigenvalue weighted by molar-refractivity contribution is 5.83. The highest BCUT2D eigenvalue weighted by Gasteiger charge is 2.47. The Bertz CT molecular complexity index is 332. The molecule has 1 saturated carbocycles. The zero-order chi connectivity index (χ0) is 13.1. The summed E-state index contributed by atoms with van der Waals surface area (Å²) in [6, 6.07) is -0.341. The molecule has 0 aromatic carbocycles. The molecule has 1 heterocycles. The molecular weight excluding hydrogens is 238 g/mol. The summed E-state index contributed by atoms with van der Waals surface area (Å²) in [5.41, 5.74) is 0. The summed E-state index contributed by atoms with van der Waals surface area (Å²) in [7, 11) is 0. The van der Waals surface area contributed by atoms with Crippen molar-refractivity contribution < 1.29 is 24.2 Å². The molecule has 0 aromatic heterocycles. The summed E-state index contributed by atoms with van der Waals surface area (Å²) in [6.07, 6.45) is 0.720. The first-order chi connectivity index (χ1) is 8.63. The van der Waals surface area contributed by atoms with E-state index in [1.165, 1.54) is 0 Å². The maximum Gasteiger partial charge on any atom is 0.305 e. The molecule has 2 aliphatic rings. The van der Waals surface area contributed by atoms with Crippen LogP contribution >= 0.6 is 0 Å². The van der Waals surface area contributed by atoms with Gasteiger partial charge in [-0.1, -0.05) is 0 Å². The normalized spacial score (nSPS) is 31.2. The van der Waals surface area contributed by atoms with E-state index in [0.717, 1.165) is 6.42 Å². The van der Waals surface area contributed by atoms with E-state index < -0.39 is 5.97 Å². The largest absolute Gasteiger partial charge is 0.481 e. The molecule has 6 nitrogen and oxygen atoms in total. The second-order valence-electron chi connectivity index (χ2n) is 4.69. The third kappa shape index (κ3) is 3.00. The van der Waals surface area contributed by atoms with Crippen molar-refractivity contribution in [1.82, 2.24) is 4.90 Å². The Hall–Kier alpha value is -1.14. The highest BCUT2D eigenvalue weighted by Crippen LogP contribution is 2.36. The van der Waals surface area contributed by atoms with Crippen molar-refractivity contribution in [3.05, 3.63) is 0 Å². The van der Waals surface area contributed by atoms with E-state index in [9.17, 15) is 9.59 Å². The van der Waals surface area contributed by atoms with Crippen LogP contribution in [0.2, 0.25) is 0 Å². The van der Waals surface area contributed by atoms with Crippen molar-refractivity contribution in [3.63, 3.8) is 0 Å². The standard InChI is InChI=1S/C12H19NO5/c1-2-18-10-6-9(10)12(16)13-3-4-17-7-8(13)5-11(14)15/h8-10H,2-7H2,1H3,(H,14,15). The summed E-state index contributed by atoms with van der Waals surface area (Å²) >= 11 is 0. The van der Waals surface area contributed by atoms with E-state index in [2.05, 4.69) is 0 Å². The van der Waals surface area contributed by atoms with E-state index in [4.69, 9.17) is 14.6 Å². The van der Waals surface area contributed by atoms with Gasteiger partial charge in [0.2, 0.25) is 5.91 Å². The number of rotatable bonds is 5. The fraction of sp³-hybridized carbons (Fsp3) is 0.833. The molecular formula is C12H19NO5. The lowest BCUT2D eigenvalue weighted by Crippen LogP contribution is -2.50. The van der Waals surface area contributed by atoms with E-state index >= 15 is 0 Å². The van der Waals surface area contributed by atoms with Crippen LogP contribution in [0.15, 0.2) is 0 Å². The number of carboxylic acid groups (broad SMARTS) is 1. The second kappa shape index (κ2) is 5.67. The highest BCUT2D eigenvalue weighted by atomic mass is 16.5. The number of aliphatic carboxylic acids is 1.